The monoisotopic (exact) mass is 443 g/mol. The lowest BCUT2D eigenvalue weighted by atomic mass is 10.1. The van der Waals surface area contributed by atoms with Gasteiger partial charge in [-0.3, -0.25) is 9.59 Å². The molecule has 0 saturated carbocycles. The van der Waals surface area contributed by atoms with Gasteiger partial charge in [0.2, 0.25) is 0 Å². The highest BCUT2D eigenvalue weighted by molar-refractivity contribution is 6.36. The highest BCUT2D eigenvalue weighted by Crippen LogP contribution is 2.26. The highest BCUT2D eigenvalue weighted by Gasteiger charge is 2.19. The number of carbonyl (C=O) groups excluding carboxylic acids is 2. The zero-order valence-corrected chi connectivity index (χ0v) is 17.5. The summed E-state index contributed by atoms with van der Waals surface area (Å²) in [5, 5.41) is 12.8. The first-order valence-electron chi connectivity index (χ1n) is 9.35. The van der Waals surface area contributed by atoms with E-state index in [1.165, 1.54) is 12.1 Å². The van der Waals surface area contributed by atoms with Crippen LogP contribution in [0.3, 0.4) is 0 Å². The van der Waals surface area contributed by atoms with Gasteiger partial charge < -0.3 is 15.0 Å². The minimum atomic E-state index is -0.621. The number of hydrogen-bond donors (Lipinski definition) is 1. The lowest BCUT2D eigenvalue weighted by molar-refractivity contribution is -0.132. The van der Waals surface area contributed by atoms with Crippen molar-refractivity contribution in [2.24, 2.45) is 0 Å². The van der Waals surface area contributed by atoms with Crippen LogP contribution in [0.5, 0.6) is 5.75 Å². The Hall–Kier alpha value is -3.01. The molecule has 1 N–H and O–H groups in total. The molecule has 0 atom stereocenters. The van der Waals surface area contributed by atoms with E-state index >= 15 is 0 Å². The van der Waals surface area contributed by atoms with Crippen molar-refractivity contribution in [2.75, 3.05) is 25.0 Å². The van der Waals surface area contributed by atoms with Gasteiger partial charge in [-0.2, -0.15) is 5.26 Å². The Balaban J connectivity index is 1.74. The van der Waals surface area contributed by atoms with Crippen molar-refractivity contribution in [3.63, 3.8) is 0 Å². The van der Waals surface area contributed by atoms with Crippen LogP contribution in [0.25, 0.3) is 6.08 Å². The van der Waals surface area contributed by atoms with Crippen LogP contribution in [-0.4, -0.2) is 36.4 Å². The first-order chi connectivity index (χ1) is 14.5. The zero-order valence-electron chi connectivity index (χ0n) is 16.0. The molecule has 0 spiro atoms. The van der Waals surface area contributed by atoms with Crippen LogP contribution < -0.4 is 10.1 Å². The number of carbonyl (C=O) groups is 2. The summed E-state index contributed by atoms with van der Waals surface area (Å²) in [7, 11) is 0. The second kappa shape index (κ2) is 10.1. The highest BCUT2D eigenvalue weighted by atomic mass is 35.5. The molecule has 1 aliphatic heterocycles. The fourth-order valence-electron chi connectivity index (χ4n) is 3.01. The number of amides is 2. The molecule has 0 bridgehead atoms. The van der Waals surface area contributed by atoms with Crippen molar-refractivity contribution in [3.8, 4) is 11.8 Å². The summed E-state index contributed by atoms with van der Waals surface area (Å²) in [6.07, 6.45) is 3.42. The minimum absolute atomic E-state index is 0.0816. The van der Waals surface area contributed by atoms with E-state index in [0.29, 0.717) is 22.0 Å². The first kappa shape index (κ1) is 21.7. The summed E-state index contributed by atoms with van der Waals surface area (Å²) in [6, 6.07) is 13.4. The Morgan fingerprint density at radius 1 is 1.17 bits per heavy atom. The molecule has 30 heavy (non-hydrogen) atoms. The summed E-state index contributed by atoms with van der Waals surface area (Å²) < 4.78 is 5.67. The van der Waals surface area contributed by atoms with E-state index < -0.39 is 5.91 Å². The van der Waals surface area contributed by atoms with Gasteiger partial charge in [0.25, 0.3) is 11.8 Å². The number of halogens is 2. The van der Waals surface area contributed by atoms with Gasteiger partial charge in [0.1, 0.15) is 17.4 Å². The molecule has 0 aliphatic carbocycles. The van der Waals surface area contributed by atoms with E-state index in [9.17, 15) is 14.9 Å². The average molecular weight is 444 g/mol. The number of nitrogens with zero attached hydrogens (tertiary/aromatic N) is 2. The summed E-state index contributed by atoms with van der Waals surface area (Å²) in [5.74, 6) is -0.290. The number of rotatable bonds is 6. The molecule has 1 heterocycles. The van der Waals surface area contributed by atoms with Crippen LogP contribution in [0.15, 0.2) is 48.0 Å². The number of nitriles is 1. The molecule has 2 aromatic carbocycles. The van der Waals surface area contributed by atoms with Crippen LogP contribution in [0.2, 0.25) is 10.0 Å². The molecule has 0 radical (unpaired) electrons. The molecule has 1 fully saturated rings. The smallest absolute Gasteiger partial charge is 0.266 e. The summed E-state index contributed by atoms with van der Waals surface area (Å²) >= 11 is 11.9. The molecule has 3 rings (SSSR count). The molecule has 0 aromatic heterocycles. The van der Waals surface area contributed by atoms with Crippen LogP contribution in [-0.2, 0) is 9.59 Å². The maximum Gasteiger partial charge on any atom is 0.266 e. The van der Waals surface area contributed by atoms with Gasteiger partial charge in [-0.25, -0.2) is 0 Å². The number of para-hydroxylation sites is 1. The van der Waals surface area contributed by atoms with Gasteiger partial charge in [-0.15, -0.1) is 0 Å². The third-order valence-corrected chi connectivity index (χ3v) is 5.12. The summed E-state index contributed by atoms with van der Waals surface area (Å²) in [5.41, 5.74) is 0.719. The topological polar surface area (TPSA) is 82.4 Å². The molecule has 154 valence electrons. The molecule has 2 aromatic rings. The number of ether oxygens (including phenoxy) is 1. The first-order valence-corrected chi connectivity index (χ1v) is 10.1. The van der Waals surface area contributed by atoms with Crippen molar-refractivity contribution in [1.29, 1.82) is 5.26 Å². The van der Waals surface area contributed by atoms with Crippen molar-refractivity contribution in [3.05, 3.63) is 63.6 Å². The van der Waals surface area contributed by atoms with E-state index in [4.69, 9.17) is 27.9 Å². The van der Waals surface area contributed by atoms with Crippen molar-refractivity contribution < 1.29 is 14.3 Å². The normalized spacial score (nSPS) is 13.6. The van der Waals surface area contributed by atoms with Crippen molar-refractivity contribution in [2.45, 2.75) is 12.8 Å². The van der Waals surface area contributed by atoms with Gasteiger partial charge in [0.15, 0.2) is 6.61 Å². The molecule has 8 heteroatoms. The number of benzene rings is 2. The van der Waals surface area contributed by atoms with E-state index in [0.717, 1.165) is 25.9 Å². The fraction of sp³-hybridized carbons (Fsp3) is 0.227. The van der Waals surface area contributed by atoms with Crippen LogP contribution in [0, 0.1) is 11.3 Å². The van der Waals surface area contributed by atoms with Crippen LogP contribution >= 0.6 is 23.2 Å². The molecule has 1 aliphatic rings. The number of hydrogen-bond acceptors (Lipinski definition) is 4. The largest absolute Gasteiger partial charge is 0.483 e. The molecule has 6 nitrogen and oxygen atoms in total. The molecule has 2 amide bonds. The molecular formula is C22H19Cl2N3O3. The Labute approximate surface area is 184 Å². The van der Waals surface area contributed by atoms with Crippen LogP contribution in [0.4, 0.5) is 5.69 Å². The third kappa shape index (κ3) is 5.53. The van der Waals surface area contributed by atoms with E-state index in [1.807, 2.05) is 6.07 Å². The summed E-state index contributed by atoms with van der Waals surface area (Å²) in [6.45, 7) is 1.39. The minimum Gasteiger partial charge on any atom is -0.483 e. The van der Waals surface area contributed by atoms with Gasteiger partial charge in [0, 0.05) is 23.7 Å². The average Bonchev–Trinajstić information content (AvgIpc) is 3.28. The zero-order chi connectivity index (χ0) is 21.5. The second-order valence-electron chi connectivity index (χ2n) is 6.66. The third-order valence-electron chi connectivity index (χ3n) is 4.57. The Kier molecular flexibility index (Phi) is 7.34. The number of nitrogens with one attached hydrogen (secondary N) is 1. The van der Waals surface area contributed by atoms with E-state index in [2.05, 4.69) is 5.32 Å². The SMILES string of the molecule is N#C/C(=C\c1ccccc1OCC(=O)N1CCCC1)C(=O)Nc1ccc(Cl)cc1Cl. The fourth-order valence-corrected chi connectivity index (χ4v) is 3.47. The Bertz CT molecular complexity index is 1020. The van der Waals surface area contributed by atoms with Gasteiger partial charge in [-0.1, -0.05) is 41.4 Å². The van der Waals surface area contributed by atoms with Crippen molar-refractivity contribution in [1.82, 2.24) is 4.90 Å². The maximum atomic E-state index is 12.5. The lowest BCUT2D eigenvalue weighted by Crippen LogP contribution is -2.32. The second-order valence-corrected chi connectivity index (χ2v) is 7.51. The lowest BCUT2D eigenvalue weighted by Gasteiger charge is -2.16. The molecular weight excluding hydrogens is 425 g/mol. The van der Waals surface area contributed by atoms with Gasteiger partial charge >= 0.3 is 0 Å². The number of likely N-dealkylation sites (tertiary alicyclic amines) is 1. The Morgan fingerprint density at radius 3 is 2.60 bits per heavy atom. The van der Waals surface area contributed by atoms with Gasteiger partial charge in [0.05, 0.1) is 10.7 Å². The van der Waals surface area contributed by atoms with Crippen LogP contribution in [0.1, 0.15) is 18.4 Å². The molecule has 1 saturated heterocycles. The number of anilines is 1. The Morgan fingerprint density at radius 2 is 1.90 bits per heavy atom. The molecule has 0 unspecified atom stereocenters. The summed E-state index contributed by atoms with van der Waals surface area (Å²) in [4.78, 5) is 26.5. The van der Waals surface area contributed by atoms with Crippen molar-refractivity contribution >= 4 is 46.8 Å². The van der Waals surface area contributed by atoms with Gasteiger partial charge in [-0.05, 0) is 43.2 Å². The maximum absolute atomic E-state index is 12.5. The van der Waals surface area contributed by atoms with E-state index in [-0.39, 0.29) is 23.1 Å². The van der Waals surface area contributed by atoms with E-state index in [1.54, 1.807) is 41.3 Å². The predicted octanol–water partition coefficient (Wildman–Crippen LogP) is 4.54. The quantitative estimate of drug-likeness (QED) is 0.524. The standard InChI is InChI=1S/C22H19Cl2N3O3/c23-17-7-8-19(18(24)12-17)26-22(29)16(13-25)11-15-5-1-2-6-20(15)30-14-21(28)27-9-3-4-10-27/h1-2,5-8,11-12H,3-4,9-10,14H2,(H,26,29)/b16-11+. The predicted molar refractivity (Wildman–Crippen MR) is 116 cm³/mol.